The van der Waals surface area contributed by atoms with Gasteiger partial charge in [0.25, 0.3) is 0 Å². The predicted molar refractivity (Wildman–Crippen MR) is 349 cm³/mol. The van der Waals surface area contributed by atoms with E-state index in [2.05, 4.69) is 41.5 Å². The number of ether oxygens (including phenoxy) is 4. The molecular weight excluding hydrogens is 1150 g/mol. The highest BCUT2D eigenvalue weighted by Gasteiger charge is 2.30. The number of aliphatic hydroxyl groups is 1. The number of rotatable bonds is 67. The Kier molecular flexibility index (Phi) is 59.0. The van der Waals surface area contributed by atoms with Crippen LogP contribution in [0.15, 0.2) is 0 Å². The number of hydrogen-bond donors (Lipinski definition) is 3. The van der Waals surface area contributed by atoms with Crippen molar-refractivity contribution in [3.8, 4) is 0 Å². The summed E-state index contributed by atoms with van der Waals surface area (Å²) in [6.45, 7) is 9.49. The smallest absolute Gasteiger partial charge is 0.462 e. The van der Waals surface area contributed by atoms with E-state index in [1.165, 1.54) is 148 Å². The summed E-state index contributed by atoms with van der Waals surface area (Å²) in [4.78, 5) is 72.3. The van der Waals surface area contributed by atoms with E-state index < -0.39 is 97.5 Å². The molecule has 0 rings (SSSR count). The van der Waals surface area contributed by atoms with Crippen molar-refractivity contribution in [3.05, 3.63) is 0 Å². The largest absolute Gasteiger partial charge is 0.472 e. The summed E-state index contributed by atoms with van der Waals surface area (Å²) < 4.78 is 68.1. The Labute approximate surface area is 530 Å². The van der Waals surface area contributed by atoms with Crippen molar-refractivity contribution in [3.63, 3.8) is 0 Å². The molecular formula is C68H132O17P2. The van der Waals surface area contributed by atoms with Gasteiger partial charge in [0.1, 0.15) is 19.3 Å². The number of esters is 4. The number of phosphoric acid groups is 2. The molecule has 0 bridgehead atoms. The molecule has 0 fully saturated rings. The lowest BCUT2D eigenvalue weighted by Gasteiger charge is -2.21. The van der Waals surface area contributed by atoms with Crippen LogP contribution in [0.3, 0.4) is 0 Å². The monoisotopic (exact) mass is 1280 g/mol. The Bertz CT molecular complexity index is 1700. The van der Waals surface area contributed by atoms with E-state index in [0.29, 0.717) is 25.7 Å². The van der Waals surface area contributed by atoms with Crippen LogP contribution in [-0.2, 0) is 65.4 Å². The van der Waals surface area contributed by atoms with Gasteiger partial charge in [-0.05, 0) is 37.5 Å². The van der Waals surface area contributed by atoms with Crippen LogP contribution in [0.4, 0.5) is 0 Å². The van der Waals surface area contributed by atoms with Gasteiger partial charge < -0.3 is 33.8 Å². The molecule has 4 unspecified atom stereocenters. The Morgan fingerprint density at radius 3 is 0.816 bits per heavy atom. The number of carbonyl (C=O) groups is 4. The van der Waals surface area contributed by atoms with Crippen molar-refractivity contribution >= 4 is 39.5 Å². The first-order valence-electron chi connectivity index (χ1n) is 35.6. The standard InChI is InChI=1S/C68H132O17P2/c1-7-11-13-15-17-18-19-20-21-22-23-24-25-34-40-46-52-67(72)84-64(57-79-66(71)51-45-39-33-28-26-31-36-42-48-60(5)9-3)59-83-87(76,77)81-55-62(69)54-80-86(74,75)82-58-63(56-78-65(70)50-44-38-30-16-14-12-8-2)85-68(73)53-47-41-35-29-27-32-37-43-49-61(6)10-4/h60-64,69H,7-59H2,1-6H3,(H,74,75)(H,76,77)/t60?,61?,62-,63+,64+/m0/s1. The van der Waals surface area contributed by atoms with Crippen LogP contribution in [0, 0.1) is 11.8 Å². The number of aliphatic hydroxyl groups excluding tert-OH is 1. The van der Waals surface area contributed by atoms with Gasteiger partial charge in [-0.3, -0.25) is 37.3 Å². The highest BCUT2D eigenvalue weighted by atomic mass is 31.2. The third kappa shape index (κ3) is 60.1. The second-order valence-corrected chi connectivity index (χ2v) is 28.0. The number of unbranched alkanes of at least 4 members (excludes halogenated alkanes) is 35. The molecule has 3 N–H and O–H groups in total. The molecule has 0 aromatic rings. The van der Waals surface area contributed by atoms with Crippen LogP contribution < -0.4 is 0 Å². The topological polar surface area (TPSA) is 237 Å². The lowest BCUT2D eigenvalue weighted by Crippen LogP contribution is -2.30. The van der Waals surface area contributed by atoms with Crippen molar-refractivity contribution in [2.75, 3.05) is 39.6 Å². The zero-order valence-corrected chi connectivity index (χ0v) is 58.1. The lowest BCUT2D eigenvalue weighted by atomic mass is 9.99. The Balaban J connectivity index is 5.22. The van der Waals surface area contributed by atoms with Gasteiger partial charge in [0.2, 0.25) is 0 Å². The van der Waals surface area contributed by atoms with E-state index in [4.69, 9.17) is 37.0 Å². The van der Waals surface area contributed by atoms with E-state index in [1.54, 1.807) is 0 Å². The molecule has 19 heteroatoms. The Morgan fingerprint density at radius 2 is 0.552 bits per heavy atom. The molecule has 0 aliphatic heterocycles. The highest BCUT2D eigenvalue weighted by Crippen LogP contribution is 2.45. The SMILES string of the molecule is CCCCCCCCCCCCCCCCCCC(=O)O[C@H](COC(=O)CCCCCCCCCCC(C)CC)COP(=O)(O)OC[C@@H](O)COP(=O)(O)OC[C@@H](COC(=O)CCCCCCCCC)OC(=O)CCCCCCCCCCC(C)CC. The Hall–Kier alpha value is -1.94. The first-order valence-corrected chi connectivity index (χ1v) is 38.6. The molecule has 0 saturated heterocycles. The van der Waals surface area contributed by atoms with Crippen LogP contribution in [-0.4, -0.2) is 96.7 Å². The summed E-state index contributed by atoms with van der Waals surface area (Å²) in [6, 6.07) is 0. The van der Waals surface area contributed by atoms with Crippen LogP contribution >= 0.6 is 15.6 Å². The van der Waals surface area contributed by atoms with Crippen molar-refractivity contribution in [1.29, 1.82) is 0 Å². The molecule has 17 nitrogen and oxygen atoms in total. The van der Waals surface area contributed by atoms with Crippen LogP contribution in [0.25, 0.3) is 0 Å². The molecule has 0 aliphatic carbocycles. The zero-order chi connectivity index (χ0) is 64.3. The molecule has 0 aromatic heterocycles. The first-order chi connectivity index (χ1) is 41.9. The summed E-state index contributed by atoms with van der Waals surface area (Å²) in [5.74, 6) is -0.585. The van der Waals surface area contributed by atoms with Crippen molar-refractivity contribution in [1.82, 2.24) is 0 Å². The van der Waals surface area contributed by atoms with E-state index in [9.17, 15) is 43.2 Å². The average molecular weight is 1280 g/mol. The minimum absolute atomic E-state index is 0.104. The van der Waals surface area contributed by atoms with Gasteiger partial charge in [-0.25, -0.2) is 9.13 Å². The molecule has 0 radical (unpaired) electrons. The lowest BCUT2D eigenvalue weighted by molar-refractivity contribution is -0.161. The summed E-state index contributed by atoms with van der Waals surface area (Å²) in [7, 11) is -9.89. The van der Waals surface area contributed by atoms with Gasteiger partial charge >= 0.3 is 39.5 Å². The summed E-state index contributed by atoms with van der Waals surface area (Å²) in [5, 5.41) is 10.6. The maximum absolute atomic E-state index is 13.0. The van der Waals surface area contributed by atoms with Crippen LogP contribution in [0.5, 0.6) is 0 Å². The van der Waals surface area contributed by atoms with Gasteiger partial charge in [-0.15, -0.1) is 0 Å². The molecule has 516 valence electrons. The molecule has 0 saturated carbocycles. The van der Waals surface area contributed by atoms with Gasteiger partial charge in [0.05, 0.1) is 26.4 Å². The third-order valence-electron chi connectivity index (χ3n) is 16.4. The predicted octanol–water partition coefficient (Wildman–Crippen LogP) is 19.2. The van der Waals surface area contributed by atoms with Crippen LogP contribution in [0.1, 0.15) is 343 Å². The molecule has 87 heavy (non-hydrogen) atoms. The molecule has 0 heterocycles. The second-order valence-electron chi connectivity index (χ2n) is 25.0. The fourth-order valence-corrected chi connectivity index (χ4v) is 11.8. The average Bonchev–Trinajstić information content (AvgIpc) is 3.53. The van der Waals surface area contributed by atoms with Gasteiger partial charge in [0.15, 0.2) is 12.2 Å². The van der Waals surface area contributed by atoms with Crippen molar-refractivity contribution < 1.29 is 80.2 Å². The minimum Gasteiger partial charge on any atom is -0.462 e. The van der Waals surface area contributed by atoms with E-state index in [-0.39, 0.29) is 25.7 Å². The van der Waals surface area contributed by atoms with Crippen molar-refractivity contribution in [2.24, 2.45) is 11.8 Å². The van der Waals surface area contributed by atoms with Gasteiger partial charge in [-0.2, -0.15) is 0 Å². The summed E-state index contributed by atoms with van der Waals surface area (Å²) in [6.07, 6.45) is 44.4. The fraction of sp³-hybridized carbons (Fsp3) is 0.941. The molecule has 0 amide bonds. The third-order valence-corrected chi connectivity index (χ3v) is 18.3. The van der Waals surface area contributed by atoms with Gasteiger partial charge in [-0.1, -0.05) is 292 Å². The Morgan fingerprint density at radius 1 is 0.322 bits per heavy atom. The molecule has 0 aliphatic rings. The van der Waals surface area contributed by atoms with Crippen molar-refractivity contribution in [2.45, 2.75) is 362 Å². The van der Waals surface area contributed by atoms with E-state index >= 15 is 0 Å². The quantitative estimate of drug-likeness (QED) is 0.0222. The van der Waals surface area contributed by atoms with Crippen LogP contribution in [0.2, 0.25) is 0 Å². The minimum atomic E-state index is -4.95. The molecule has 7 atom stereocenters. The summed E-state index contributed by atoms with van der Waals surface area (Å²) >= 11 is 0. The van der Waals surface area contributed by atoms with E-state index in [1.807, 2.05) is 0 Å². The first kappa shape index (κ1) is 85.1. The molecule has 0 spiro atoms. The normalized spacial score (nSPS) is 14.8. The van der Waals surface area contributed by atoms with E-state index in [0.717, 1.165) is 115 Å². The summed E-state index contributed by atoms with van der Waals surface area (Å²) in [5.41, 5.74) is 0. The number of carbonyl (C=O) groups excluding carboxylic acids is 4. The molecule has 0 aromatic carbocycles. The second kappa shape index (κ2) is 60.3. The number of hydrogen-bond acceptors (Lipinski definition) is 15. The maximum atomic E-state index is 13.0. The highest BCUT2D eigenvalue weighted by molar-refractivity contribution is 7.47. The zero-order valence-electron chi connectivity index (χ0n) is 56.3. The number of phosphoric ester groups is 2. The van der Waals surface area contributed by atoms with Gasteiger partial charge in [0, 0.05) is 25.7 Å². The fourth-order valence-electron chi connectivity index (χ4n) is 10.2. The maximum Gasteiger partial charge on any atom is 0.472 e.